The van der Waals surface area contributed by atoms with Crippen molar-refractivity contribution in [2.75, 3.05) is 11.9 Å². The molecule has 0 aliphatic carbocycles. The lowest BCUT2D eigenvalue weighted by atomic mass is 10.0. The second-order valence-electron chi connectivity index (χ2n) is 3.31. The van der Waals surface area contributed by atoms with E-state index in [1.54, 1.807) is 12.1 Å². The van der Waals surface area contributed by atoms with Gasteiger partial charge in [-0.15, -0.1) is 0 Å². The molecule has 0 atom stereocenters. The molecular weight excluding hydrogens is 192 g/mol. The molecule has 1 heterocycles. The van der Waals surface area contributed by atoms with Crippen molar-refractivity contribution in [1.82, 2.24) is 0 Å². The van der Waals surface area contributed by atoms with Crippen molar-refractivity contribution in [1.29, 1.82) is 5.26 Å². The molecule has 1 amide bonds. The van der Waals surface area contributed by atoms with Gasteiger partial charge in [-0.3, -0.25) is 4.79 Å². The monoisotopic (exact) mass is 202 g/mol. The van der Waals surface area contributed by atoms with Crippen LogP contribution >= 0.6 is 0 Å². The van der Waals surface area contributed by atoms with Gasteiger partial charge in [-0.05, 0) is 30.2 Å². The standard InChI is InChI=1S/C11H10N2O2/c12-5-6-15-9-2-3-10-8(7-9)1-4-11(14)13-10/h2-3,7H,1,4,6H2,(H,13,14). The van der Waals surface area contributed by atoms with Crippen LogP contribution in [0.1, 0.15) is 12.0 Å². The van der Waals surface area contributed by atoms with Crippen molar-refractivity contribution in [3.8, 4) is 11.8 Å². The predicted molar refractivity (Wildman–Crippen MR) is 54.5 cm³/mol. The first-order valence-electron chi connectivity index (χ1n) is 4.72. The van der Waals surface area contributed by atoms with Crippen molar-refractivity contribution in [3.05, 3.63) is 23.8 Å². The molecule has 0 spiro atoms. The van der Waals surface area contributed by atoms with Crippen LogP contribution in [0.5, 0.6) is 5.75 Å². The van der Waals surface area contributed by atoms with Gasteiger partial charge in [0.25, 0.3) is 0 Å². The van der Waals surface area contributed by atoms with Crippen LogP contribution in [0.15, 0.2) is 18.2 Å². The van der Waals surface area contributed by atoms with Crippen LogP contribution in [-0.2, 0) is 11.2 Å². The molecule has 1 aliphatic rings. The minimum absolute atomic E-state index is 0.0468. The Bertz CT molecular complexity index is 435. The molecule has 0 saturated carbocycles. The van der Waals surface area contributed by atoms with E-state index in [-0.39, 0.29) is 12.5 Å². The van der Waals surface area contributed by atoms with Gasteiger partial charge >= 0.3 is 0 Å². The number of carbonyl (C=O) groups is 1. The van der Waals surface area contributed by atoms with Crippen LogP contribution in [0.2, 0.25) is 0 Å². The first-order chi connectivity index (χ1) is 7.29. The highest BCUT2D eigenvalue weighted by atomic mass is 16.5. The van der Waals surface area contributed by atoms with E-state index in [0.29, 0.717) is 12.2 Å². The first kappa shape index (κ1) is 9.53. The highest BCUT2D eigenvalue weighted by Crippen LogP contribution is 2.26. The fourth-order valence-electron chi connectivity index (χ4n) is 1.57. The quantitative estimate of drug-likeness (QED) is 0.789. The van der Waals surface area contributed by atoms with Crippen LogP contribution in [-0.4, -0.2) is 12.5 Å². The Hall–Kier alpha value is -2.02. The Morgan fingerprint density at radius 2 is 2.33 bits per heavy atom. The second-order valence-corrected chi connectivity index (χ2v) is 3.31. The maximum atomic E-state index is 11.1. The van der Waals surface area contributed by atoms with Crippen molar-refractivity contribution < 1.29 is 9.53 Å². The molecule has 0 saturated heterocycles. The van der Waals surface area contributed by atoms with Crippen LogP contribution in [0.3, 0.4) is 0 Å². The molecule has 76 valence electrons. The minimum atomic E-state index is 0.0468. The Balaban J connectivity index is 2.20. The fraction of sp³-hybridized carbons (Fsp3) is 0.273. The van der Waals surface area contributed by atoms with Gasteiger partial charge in [0.05, 0.1) is 0 Å². The predicted octanol–water partition coefficient (Wildman–Crippen LogP) is 1.47. The number of carbonyl (C=O) groups excluding carboxylic acids is 1. The molecule has 1 aliphatic heterocycles. The smallest absolute Gasteiger partial charge is 0.224 e. The summed E-state index contributed by atoms with van der Waals surface area (Å²) in [5.74, 6) is 0.722. The van der Waals surface area contributed by atoms with Crippen molar-refractivity contribution in [2.24, 2.45) is 0 Å². The maximum absolute atomic E-state index is 11.1. The number of amides is 1. The highest BCUT2D eigenvalue weighted by Gasteiger charge is 2.14. The first-order valence-corrected chi connectivity index (χ1v) is 4.72. The Morgan fingerprint density at radius 1 is 1.47 bits per heavy atom. The molecule has 1 N–H and O–H groups in total. The van der Waals surface area contributed by atoms with Gasteiger partial charge in [-0.1, -0.05) is 0 Å². The van der Waals surface area contributed by atoms with Gasteiger partial charge in [-0.25, -0.2) is 0 Å². The average Bonchev–Trinajstić information content (AvgIpc) is 2.26. The van der Waals surface area contributed by atoms with E-state index < -0.39 is 0 Å². The fourth-order valence-corrected chi connectivity index (χ4v) is 1.57. The summed E-state index contributed by atoms with van der Waals surface area (Å²) in [4.78, 5) is 11.1. The lowest BCUT2D eigenvalue weighted by Crippen LogP contribution is -2.18. The second kappa shape index (κ2) is 4.01. The van der Waals surface area contributed by atoms with Gasteiger partial charge in [0.1, 0.15) is 11.8 Å². The summed E-state index contributed by atoms with van der Waals surface area (Å²) < 4.78 is 5.17. The zero-order chi connectivity index (χ0) is 10.7. The third-order valence-electron chi connectivity index (χ3n) is 2.28. The molecule has 15 heavy (non-hydrogen) atoms. The van der Waals surface area contributed by atoms with Gasteiger partial charge in [0.2, 0.25) is 5.91 Å². The number of anilines is 1. The van der Waals surface area contributed by atoms with Crippen molar-refractivity contribution in [3.63, 3.8) is 0 Å². The summed E-state index contributed by atoms with van der Waals surface area (Å²) in [7, 11) is 0. The molecular formula is C11H10N2O2. The Morgan fingerprint density at radius 3 is 3.13 bits per heavy atom. The summed E-state index contributed by atoms with van der Waals surface area (Å²) >= 11 is 0. The molecule has 2 rings (SSSR count). The van der Waals surface area contributed by atoms with Crippen LogP contribution in [0, 0.1) is 11.3 Å². The zero-order valence-corrected chi connectivity index (χ0v) is 8.12. The van der Waals surface area contributed by atoms with Gasteiger partial charge in [0, 0.05) is 12.1 Å². The normalized spacial score (nSPS) is 13.7. The van der Waals surface area contributed by atoms with E-state index in [1.807, 2.05) is 12.1 Å². The molecule has 0 aromatic heterocycles. The zero-order valence-electron chi connectivity index (χ0n) is 8.12. The molecule has 0 bridgehead atoms. The number of aryl methyl sites for hydroxylation is 1. The van der Waals surface area contributed by atoms with Gasteiger partial charge in [0.15, 0.2) is 6.61 Å². The topological polar surface area (TPSA) is 62.1 Å². The van der Waals surface area contributed by atoms with Crippen molar-refractivity contribution >= 4 is 11.6 Å². The maximum Gasteiger partial charge on any atom is 0.224 e. The number of ether oxygens (including phenoxy) is 1. The van der Waals surface area contributed by atoms with Gasteiger partial charge < -0.3 is 10.1 Å². The van der Waals surface area contributed by atoms with Crippen molar-refractivity contribution in [2.45, 2.75) is 12.8 Å². The third kappa shape index (κ3) is 2.08. The molecule has 4 heteroatoms. The van der Waals surface area contributed by atoms with Crippen LogP contribution in [0.4, 0.5) is 5.69 Å². The summed E-state index contributed by atoms with van der Waals surface area (Å²) in [6.07, 6.45) is 1.24. The van der Waals surface area contributed by atoms with E-state index in [9.17, 15) is 4.79 Å². The molecule has 1 aromatic rings. The number of fused-ring (bicyclic) bond motifs is 1. The number of hydrogen-bond acceptors (Lipinski definition) is 3. The van der Waals surface area contributed by atoms with Crippen LogP contribution in [0.25, 0.3) is 0 Å². The van der Waals surface area contributed by atoms with E-state index in [2.05, 4.69) is 5.32 Å². The summed E-state index contributed by atoms with van der Waals surface area (Å²) in [5, 5.41) is 11.2. The summed E-state index contributed by atoms with van der Waals surface area (Å²) in [5.41, 5.74) is 1.90. The third-order valence-corrected chi connectivity index (χ3v) is 2.28. The summed E-state index contributed by atoms with van der Waals surface area (Å²) in [6, 6.07) is 7.33. The Labute approximate surface area is 87.5 Å². The molecule has 1 aromatic carbocycles. The van der Waals surface area contributed by atoms with Gasteiger partial charge in [-0.2, -0.15) is 5.26 Å². The number of hydrogen-bond donors (Lipinski definition) is 1. The number of rotatable bonds is 2. The number of benzene rings is 1. The van der Waals surface area contributed by atoms with E-state index in [0.717, 1.165) is 17.7 Å². The molecule has 4 nitrogen and oxygen atoms in total. The van der Waals surface area contributed by atoms with Crippen LogP contribution < -0.4 is 10.1 Å². The Kier molecular flexibility index (Phi) is 2.55. The molecule has 0 radical (unpaired) electrons. The lowest BCUT2D eigenvalue weighted by Gasteiger charge is -2.17. The van der Waals surface area contributed by atoms with E-state index >= 15 is 0 Å². The minimum Gasteiger partial charge on any atom is -0.479 e. The molecule has 0 fully saturated rings. The average molecular weight is 202 g/mol. The van der Waals surface area contributed by atoms with E-state index in [1.165, 1.54) is 0 Å². The SMILES string of the molecule is N#CCOc1ccc2c(c1)CCC(=O)N2. The highest BCUT2D eigenvalue weighted by molar-refractivity contribution is 5.93. The number of nitrogens with one attached hydrogen (secondary N) is 1. The van der Waals surface area contributed by atoms with E-state index in [4.69, 9.17) is 10.00 Å². The largest absolute Gasteiger partial charge is 0.479 e. The number of nitriles is 1. The molecule has 0 unspecified atom stereocenters. The number of nitrogens with zero attached hydrogens (tertiary/aromatic N) is 1. The lowest BCUT2D eigenvalue weighted by molar-refractivity contribution is -0.116. The summed E-state index contributed by atoms with van der Waals surface area (Å²) in [6.45, 7) is 0.0468.